The molecule has 1 fully saturated rings. The van der Waals surface area contributed by atoms with E-state index < -0.39 is 24.7 Å². The zero-order valence-electron chi connectivity index (χ0n) is 17.5. The van der Waals surface area contributed by atoms with Crippen molar-refractivity contribution >= 4 is 17.5 Å². The number of unbranched alkanes of at least 4 members (excludes halogenated alkanes) is 1. The number of aromatic nitrogens is 2. The van der Waals surface area contributed by atoms with Crippen molar-refractivity contribution in [3.63, 3.8) is 0 Å². The molecule has 2 aromatic rings. The molecule has 0 saturated heterocycles. The Balaban J connectivity index is 1.14. The summed E-state index contributed by atoms with van der Waals surface area (Å²) >= 11 is 5.93. The van der Waals surface area contributed by atoms with Gasteiger partial charge in [0.25, 0.3) is 5.91 Å². The van der Waals surface area contributed by atoms with Gasteiger partial charge in [0.1, 0.15) is 5.75 Å². The van der Waals surface area contributed by atoms with Gasteiger partial charge >= 0.3 is 6.36 Å². The van der Waals surface area contributed by atoms with Crippen LogP contribution in [0.4, 0.5) is 13.2 Å². The summed E-state index contributed by atoms with van der Waals surface area (Å²) in [6.45, 7) is 0.405. The lowest BCUT2D eigenvalue weighted by atomic mass is 9.82. The normalized spacial score (nSPS) is 24.5. The van der Waals surface area contributed by atoms with Crippen molar-refractivity contribution in [2.75, 3.05) is 6.54 Å². The van der Waals surface area contributed by atoms with Gasteiger partial charge in [0.2, 0.25) is 11.8 Å². The van der Waals surface area contributed by atoms with Gasteiger partial charge in [-0.25, -0.2) is 0 Å². The number of nitrogens with zero attached hydrogens (tertiary/aromatic N) is 2. The Kier molecular flexibility index (Phi) is 7.10. The smallest absolute Gasteiger partial charge is 0.480 e. The Morgan fingerprint density at radius 2 is 2.03 bits per heavy atom. The van der Waals surface area contributed by atoms with Crippen molar-refractivity contribution in [1.82, 2.24) is 15.5 Å². The minimum absolute atomic E-state index is 0.139. The fourth-order valence-corrected chi connectivity index (χ4v) is 4.07. The number of amides is 1. The standard InChI is InChI=1S/C21H23ClF3N3O5/c22-12-4-5-16-14(9-12)15(29)10-17(31-16)19(30)26-6-2-1-3-18-27-28-20(32-18)11-7-13(8-11)33-21(23,24)25/h4-5,9,11,13,15,17,29H,1-3,6-8,10H2,(H,26,30)/t11-,13+,15-,17-/m1/s1. The average Bonchev–Trinajstić information content (AvgIpc) is 3.18. The predicted molar refractivity (Wildman–Crippen MR) is 109 cm³/mol. The summed E-state index contributed by atoms with van der Waals surface area (Å²) < 4.78 is 51.7. The summed E-state index contributed by atoms with van der Waals surface area (Å²) in [6.07, 6.45) is -4.78. The molecule has 1 saturated carbocycles. The molecule has 180 valence electrons. The van der Waals surface area contributed by atoms with E-state index in [1.807, 2.05) is 0 Å². The molecular weight excluding hydrogens is 467 g/mol. The van der Waals surface area contributed by atoms with E-state index in [0.29, 0.717) is 53.9 Å². The van der Waals surface area contributed by atoms with E-state index in [0.717, 1.165) is 0 Å². The summed E-state index contributed by atoms with van der Waals surface area (Å²) in [5, 5.41) is 21.4. The van der Waals surface area contributed by atoms with Crippen molar-refractivity contribution in [3.05, 3.63) is 40.6 Å². The lowest BCUT2D eigenvalue weighted by molar-refractivity contribution is -0.352. The quantitative estimate of drug-likeness (QED) is 0.543. The molecule has 0 radical (unpaired) electrons. The summed E-state index contributed by atoms with van der Waals surface area (Å²) in [6, 6.07) is 4.89. The van der Waals surface area contributed by atoms with Crippen molar-refractivity contribution in [2.45, 2.75) is 69.1 Å². The molecule has 1 aliphatic heterocycles. The van der Waals surface area contributed by atoms with Crippen LogP contribution in [-0.2, 0) is 16.0 Å². The van der Waals surface area contributed by atoms with E-state index in [1.54, 1.807) is 18.2 Å². The Hall–Kier alpha value is -2.37. The van der Waals surface area contributed by atoms with E-state index >= 15 is 0 Å². The maximum Gasteiger partial charge on any atom is 0.522 e. The highest BCUT2D eigenvalue weighted by Crippen LogP contribution is 2.41. The third-order valence-electron chi connectivity index (χ3n) is 5.67. The SMILES string of the molecule is O=C(NCCCCc1nnc([C@H]2C[C@@H](OC(F)(F)F)C2)o1)[C@H]1C[C@@H](O)c2cc(Cl)ccc2O1. The number of carbonyl (C=O) groups is 1. The lowest BCUT2D eigenvalue weighted by Gasteiger charge is -2.32. The first-order valence-electron chi connectivity index (χ1n) is 10.7. The number of fused-ring (bicyclic) bond motifs is 1. The molecule has 2 heterocycles. The first kappa shape index (κ1) is 23.8. The molecule has 2 aliphatic rings. The highest BCUT2D eigenvalue weighted by atomic mass is 35.5. The average molecular weight is 490 g/mol. The van der Waals surface area contributed by atoms with Crippen molar-refractivity contribution in [3.8, 4) is 5.75 Å². The second kappa shape index (κ2) is 9.86. The number of hydrogen-bond donors (Lipinski definition) is 2. The summed E-state index contributed by atoms with van der Waals surface area (Å²) in [5.74, 6) is 0.647. The zero-order chi connectivity index (χ0) is 23.6. The number of carbonyl (C=O) groups excluding carboxylic acids is 1. The molecule has 2 N–H and O–H groups in total. The van der Waals surface area contributed by atoms with Crippen LogP contribution in [0.3, 0.4) is 0 Å². The maximum absolute atomic E-state index is 12.4. The number of aliphatic hydroxyl groups is 1. The molecule has 0 unspecified atom stereocenters. The van der Waals surface area contributed by atoms with Crippen molar-refractivity contribution in [2.24, 2.45) is 0 Å². The summed E-state index contributed by atoms with van der Waals surface area (Å²) in [5.41, 5.74) is 0.566. The number of benzene rings is 1. The number of aliphatic hydroxyl groups excluding tert-OH is 1. The van der Waals surface area contributed by atoms with Gasteiger partial charge in [0.15, 0.2) is 6.10 Å². The van der Waals surface area contributed by atoms with E-state index in [1.165, 1.54) is 0 Å². The van der Waals surface area contributed by atoms with Crippen LogP contribution in [0.15, 0.2) is 22.6 Å². The third kappa shape index (κ3) is 6.15. The predicted octanol–water partition coefficient (Wildman–Crippen LogP) is 3.83. The van der Waals surface area contributed by atoms with Crippen LogP contribution in [-0.4, -0.2) is 46.3 Å². The third-order valence-corrected chi connectivity index (χ3v) is 5.91. The van der Waals surface area contributed by atoms with Gasteiger partial charge in [-0.3, -0.25) is 9.53 Å². The number of aryl methyl sites for hydroxylation is 1. The number of halogens is 4. The van der Waals surface area contributed by atoms with Gasteiger partial charge in [0.05, 0.1) is 12.2 Å². The van der Waals surface area contributed by atoms with Gasteiger partial charge in [-0.05, 0) is 43.9 Å². The first-order chi connectivity index (χ1) is 15.7. The van der Waals surface area contributed by atoms with Crippen LogP contribution in [0.2, 0.25) is 5.02 Å². The van der Waals surface area contributed by atoms with E-state index in [4.69, 9.17) is 20.8 Å². The van der Waals surface area contributed by atoms with Crippen LogP contribution < -0.4 is 10.1 Å². The molecule has 1 aromatic heterocycles. The number of ether oxygens (including phenoxy) is 2. The minimum atomic E-state index is -4.63. The number of nitrogens with one attached hydrogen (secondary N) is 1. The second-order valence-corrected chi connectivity index (χ2v) is 8.61. The molecule has 12 heteroatoms. The van der Waals surface area contributed by atoms with Crippen molar-refractivity contribution in [1.29, 1.82) is 0 Å². The topological polar surface area (TPSA) is 107 Å². The summed E-state index contributed by atoms with van der Waals surface area (Å²) in [4.78, 5) is 12.4. The molecule has 0 bridgehead atoms. The zero-order valence-corrected chi connectivity index (χ0v) is 18.2. The maximum atomic E-state index is 12.4. The molecule has 1 amide bonds. The number of hydrogen-bond acceptors (Lipinski definition) is 7. The van der Waals surface area contributed by atoms with Crippen LogP contribution in [0.25, 0.3) is 0 Å². The number of alkyl halides is 3. The Labute approximate surface area is 192 Å². The fraction of sp³-hybridized carbons (Fsp3) is 0.571. The van der Waals surface area contributed by atoms with Gasteiger partial charge in [-0.1, -0.05) is 11.6 Å². The molecule has 1 aliphatic carbocycles. The van der Waals surface area contributed by atoms with Crippen LogP contribution in [0.1, 0.15) is 61.5 Å². The summed E-state index contributed by atoms with van der Waals surface area (Å²) in [7, 11) is 0. The highest BCUT2D eigenvalue weighted by molar-refractivity contribution is 6.30. The van der Waals surface area contributed by atoms with Crippen LogP contribution in [0.5, 0.6) is 5.75 Å². The van der Waals surface area contributed by atoms with Gasteiger partial charge in [-0.15, -0.1) is 23.4 Å². The largest absolute Gasteiger partial charge is 0.522 e. The first-order valence-corrected chi connectivity index (χ1v) is 11.0. The molecule has 33 heavy (non-hydrogen) atoms. The second-order valence-electron chi connectivity index (χ2n) is 8.18. The number of rotatable bonds is 8. The highest BCUT2D eigenvalue weighted by Gasteiger charge is 2.42. The molecule has 0 spiro atoms. The van der Waals surface area contributed by atoms with E-state index in [9.17, 15) is 23.1 Å². The van der Waals surface area contributed by atoms with Gasteiger partial charge in [0, 0.05) is 35.9 Å². The molecule has 1 aromatic carbocycles. The fourth-order valence-electron chi connectivity index (χ4n) is 3.89. The Bertz CT molecular complexity index is 980. The van der Waals surface area contributed by atoms with E-state index in [2.05, 4.69) is 20.3 Å². The minimum Gasteiger partial charge on any atom is -0.480 e. The van der Waals surface area contributed by atoms with Crippen LogP contribution >= 0.6 is 11.6 Å². The monoisotopic (exact) mass is 489 g/mol. The van der Waals surface area contributed by atoms with Crippen molar-refractivity contribution < 1.29 is 37.0 Å². The lowest BCUT2D eigenvalue weighted by Crippen LogP contribution is -2.41. The molecule has 8 nitrogen and oxygen atoms in total. The molecular formula is C21H23ClF3N3O5. The van der Waals surface area contributed by atoms with Crippen LogP contribution in [0, 0.1) is 0 Å². The van der Waals surface area contributed by atoms with Gasteiger partial charge < -0.3 is 19.6 Å². The van der Waals surface area contributed by atoms with E-state index in [-0.39, 0.29) is 31.1 Å². The Morgan fingerprint density at radius 1 is 1.24 bits per heavy atom. The molecule has 4 rings (SSSR count). The molecule has 2 atom stereocenters. The Morgan fingerprint density at radius 3 is 2.79 bits per heavy atom. The van der Waals surface area contributed by atoms with Gasteiger partial charge in [-0.2, -0.15) is 0 Å².